The van der Waals surface area contributed by atoms with E-state index in [0.29, 0.717) is 0 Å². The first-order valence-corrected chi connectivity index (χ1v) is 14.7. The lowest BCUT2D eigenvalue weighted by molar-refractivity contribution is 1.11. The van der Waals surface area contributed by atoms with Crippen molar-refractivity contribution in [2.75, 3.05) is 0 Å². The molecular weight excluding hydrogens is 513 g/mol. The van der Waals surface area contributed by atoms with Crippen LogP contribution < -0.4 is 0 Å². The second kappa shape index (κ2) is 8.00. The fourth-order valence-electron chi connectivity index (χ4n) is 6.14. The van der Waals surface area contributed by atoms with Crippen molar-refractivity contribution in [2.24, 2.45) is 0 Å². The summed E-state index contributed by atoms with van der Waals surface area (Å²) < 4.78 is 7.53. The molecule has 0 saturated carbocycles. The highest BCUT2D eigenvalue weighted by molar-refractivity contribution is 7.26. The lowest BCUT2D eigenvalue weighted by Crippen LogP contribution is -1.96. The van der Waals surface area contributed by atoms with Crippen LogP contribution in [0.15, 0.2) is 121 Å². The molecule has 182 valence electrons. The topological polar surface area (TPSA) is 17.8 Å². The highest BCUT2D eigenvalue weighted by Crippen LogP contribution is 2.43. The van der Waals surface area contributed by atoms with Crippen molar-refractivity contribution in [3.05, 3.63) is 121 Å². The summed E-state index contributed by atoms with van der Waals surface area (Å²) in [7, 11) is 0. The maximum atomic E-state index is 4.97. The molecule has 4 heterocycles. The van der Waals surface area contributed by atoms with Crippen LogP contribution in [0.25, 0.3) is 79.1 Å². The molecule has 0 aliphatic heterocycles. The summed E-state index contributed by atoms with van der Waals surface area (Å²) in [6.07, 6.45) is 1.97. The van der Waals surface area contributed by atoms with Crippen LogP contribution in [0, 0.1) is 0 Å². The van der Waals surface area contributed by atoms with E-state index in [-0.39, 0.29) is 0 Å². The van der Waals surface area contributed by atoms with Crippen LogP contribution in [0.5, 0.6) is 0 Å². The fraction of sp³-hybridized carbons (Fsp3) is 0. The molecule has 0 amide bonds. The molecule has 0 aliphatic rings. The van der Waals surface area contributed by atoms with E-state index in [0.717, 1.165) is 5.82 Å². The van der Waals surface area contributed by atoms with Gasteiger partial charge in [-0.2, -0.15) is 0 Å². The predicted molar refractivity (Wildman–Crippen MR) is 170 cm³/mol. The number of para-hydroxylation sites is 2. The van der Waals surface area contributed by atoms with Gasteiger partial charge >= 0.3 is 0 Å². The molecule has 9 rings (SSSR count). The molecule has 0 fully saturated rings. The van der Waals surface area contributed by atoms with E-state index in [1.165, 1.54) is 73.3 Å². The molecule has 9 aromatic rings. The van der Waals surface area contributed by atoms with Gasteiger partial charge in [0.15, 0.2) is 5.82 Å². The van der Waals surface area contributed by atoms with Gasteiger partial charge in [0.2, 0.25) is 0 Å². The van der Waals surface area contributed by atoms with Crippen molar-refractivity contribution in [1.82, 2.24) is 9.55 Å². The molecule has 4 heteroatoms. The second-order valence-electron chi connectivity index (χ2n) is 9.97. The quantitative estimate of drug-likeness (QED) is 0.216. The van der Waals surface area contributed by atoms with Crippen molar-refractivity contribution in [1.29, 1.82) is 0 Å². The zero-order valence-electron chi connectivity index (χ0n) is 20.8. The second-order valence-corrected chi connectivity index (χ2v) is 12.1. The van der Waals surface area contributed by atoms with Gasteiger partial charge in [-0.15, -0.1) is 22.7 Å². The lowest BCUT2D eigenvalue weighted by Gasteiger charge is -2.08. The Hall–Kier alpha value is -4.51. The van der Waals surface area contributed by atoms with Gasteiger partial charge < -0.3 is 0 Å². The minimum absolute atomic E-state index is 0.999. The van der Waals surface area contributed by atoms with E-state index < -0.39 is 0 Å². The Morgan fingerprint density at radius 3 is 1.95 bits per heavy atom. The highest BCUT2D eigenvalue weighted by atomic mass is 32.1. The average Bonchev–Trinajstić information content (AvgIpc) is 3.66. The van der Waals surface area contributed by atoms with E-state index in [9.17, 15) is 0 Å². The first-order valence-electron chi connectivity index (χ1n) is 13.1. The van der Waals surface area contributed by atoms with Crippen molar-refractivity contribution >= 4 is 84.8 Å². The zero-order valence-corrected chi connectivity index (χ0v) is 22.4. The zero-order chi connectivity index (χ0) is 25.5. The number of fused-ring (bicyclic) bond motifs is 9. The van der Waals surface area contributed by atoms with Gasteiger partial charge in [0.1, 0.15) is 0 Å². The molecule has 0 atom stereocenters. The largest absolute Gasteiger partial charge is 0.293 e. The summed E-state index contributed by atoms with van der Waals surface area (Å²) in [5.74, 6) is 0.999. The van der Waals surface area contributed by atoms with Crippen LogP contribution in [-0.4, -0.2) is 9.55 Å². The van der Waals surface area contributed by atoms with Gasteiger partial charge in [-0.1, -0.05) is 78.9 Å². The minimum atomic E-state index is 0.999. The Balaban J connectivity index is 1.31. The van der Waals surface area contributed by atoms with Crippen LogP contribution in [-0.2, 0) is 0 Å². The number of pyridine rings is 1. The summed E-state index contributed by atoms with van der Waals surface area (Å²) in [6, 6.07) is 41.8. The Morgan fingerprint density at radius 1 is 0.487 bits per heavy atom. The normalized spacial score (nSPS) is 12.1. The highest BCUT2D eigenvalue weighted by Gasteiger charge is 2.18. The van der Waals surface area contributed by atoms with Crippen LogP contribution in [0.3, 0.4) is 0 Å². The average molecular weight is 533 g/mol. The third-order valence-corrected chi connectivity index (χ3v) is 10.3. The van der Waals surface area contributed by atoms with Gasteiger partial charge in [-0.25, -0.2) is 4.98 Å². The Bertz CT molecular complexity index is 2350. The van der Waals surface area contributed by atoms with Crippen molar-refractivity contribution < 1.29 is 0 Å². The third kappa shape index (κ3) is 2.98. The van der Waals surface area contributed by atoms with Crippen LogP contribution in [0.4, 0.5) is 0 Å². The molecule has 0 N–H and O–H groups in total. The first-order chi connectivity index (χ1) is 19.3. The summed E-state index contributed by atoms with van der Waals surface area (Å²) in [5.41, 5.74) is 4.93. The number of aromatic nitrogens is 2. The predicted octanol–water partition coefficient (Wildman–Crippen LogP) is 10.6. The smallest absolute Gasteiger partial charge is 0.155 e. The fourth-order valence-corrected chi connectivity index (χ4v) is 8.54. The number of hydrogen-bond acceptors (Lipinski definition) is 3. The number of thiophene rings is 2. The molecule has 39 heavy (non-hydrogen) atoms. The van der Waals surface area contributed by atoms with Gasteiger partial charge in [-0.3, -0.25) is 4.57 Å². The number of rotatable bonds is 2. The lowest BCUT2D eigenvalue weighted by atomic mass is 10.0. The standard InChI is InChI=1S/C35H20N2S2/c1-4-13-29-23(8-1)24-9-2-5-14-30(24)37(29)35-34-27(18-19-36-35)28-20-21(16-17-32(28)39-34)22-11-7-12-26-25-10-3-6-15-31(25)38-33(22)26/h1-20H. The van der Waals surface area contributed by atoms with Gasteiger partial charge in [0.05, 0.1) is 15.7 Å². The SMILES string of the molecule is c1ccc2c(c1)sc1c(-c3ccc4sc5c(-n6c7ccccc7c7ccccc76)nccc5c4c3)cccc12. The molecule has 0 radical (unpaired) electrons. The first kappa shape index (κ1) is 21.4. The van der Waals surface area contributed by atoms with Crippen molar-refractivity contribution in [3.63, 3.8) is 0 Å². The van der Waals surface area contributed by atoms with E-state index in [1.807, 2.05) is 28.9 Å². The monoisotopic (exact) mass is 532 g/mol. The molecule has 4 aromatic heterocycles. The van der Waals surface area contributed by atoms with Crippen LogP contribution in [0.2, 0.25) is 0 Å². The molecular formula is C35H20N2S2. The van der Waals surface area contributed by atoms with Gasteiger partial charge in [-0.05, 0) is 47.5 Å². The molecule has 2 nitrogen and oxygen atoms in total. The Morgan fingerprint density at radius 2 is 1.13 bits per heavy atom. The maximum Gasteiger partial charge on any atom is 0.155 e. The van der Waals surface area contributed by atoms with E-state index in [4.69, 9.17) is 4.98 Å². The minimum Gasteiger partial charge on any atom is -0.293 e. The summed E-state index contributed by atoms with van der Waals surface area (Å²) in [5, 5.41) is 7.73. The molecule has 0 bridgehead atoms. The van der Waals surface area contributed by atoms with Crippen molar-refractivity contribution in [3.8, 4) is 16.9 Å². The molecule has 0 spiro atoms. The molecule has 0 saturated heterocycles. The Labute approximate surface area is 232 Å². The summed E-state index contributed by atoms with van der Waals surface area (Å²) >= 11 is 3.72. The van der Waals surface area contributed by atoms with Crippen LogP contribution >= 0.6 is 22.7 Å². The summed E-state index contributed by atoms with van der Waals surface area (Å²) in [6.45, 7) is 0. The summed E-state index contributed by atoms with van der Waals surface area (Å²) in [4.78, 5) is 4.97. The molecule has 0 unspecified atom stereocenters. The van der Waals surface area contributed by atoms with E-state index in [1.54, 1.807) is 0 Å². The third-order valence-electron chi connectivity index (χ3n) is 7.87. The van der Waals surface area contributed by atoms with Gasteiger partial charge in [0, 0.05) is 52.6 Å². The maximum absolute atomic E-state index is 4.97. The van der Waals surface area contributed by atoms with Gasteiger partial charge in [0.25, 0.3) is 0 Å². The number of hydrogen-bond donors (Lipinski definition) is 0. The Kier molecular flexibility index (Phi) is 4.39. The van der Waals surface area contributed by atoms with Crippen molar-refractivity contribution in [2.45, 2.75) is 0 Å². The number of benzene rings is 5. The van der Waals surface area contributed by atoms with E-state index >= 15 is 0 Å². The molecule has 5 aromatic carbocycles. The van der Waals surface area contributed by atoms with Crippen LogP contribution in [0.1, 0.15) is 0 Å². The van der Waals surface area contributed by atoms with E-state index in [2.05, 4.69) is 120 Å². The number of nitrogens with zero attached hydrogens (tertiary/aromatic N) is 2. The molecule has 0 aliphatic carbocycles.